The third-order valence-corrected chi connectivity index (χ3v) is 3.35. The summed E-state index contributed by atoms with van der Waals surface area (Å²) in [5.41, 5.74) is 0.634. The molecule has 2 rings (SSSR count). The van der Waals surface area contributed by atoms with Gasteiger partial charge in [0.1, 0.15) is 5.02 Å². The minimum Gasteiger partial charge on any atom is -0.465 e. The monoisotopic (exact) mass is 285 g/mol. The van der Waals surface area contributed by atoms with Gasteiger partial charge < -0.3 is 14.9 Å². The zero-order chi connectivity index (χ0) is 14.0. The molecule has 0 bridgehead atoms. The molecule has 0 radical (unpaired) electrons. The van der Waals surface area contributed by atoms with E-state index in [4.69, 9.17) is 16.7 Å². The Labute approximate surface area is 114 Å². The number of hydrogen-bond donors (Lipinski definition) is 1. The molecule has 1 fully saturated rings. The number of nitro benzene ring substituents is 1. The van der Waals surface area contributed by atoms with Gasteiger partial charge in [-0.25, -0.2) is 4.79 Å². The normalized spacial score (nSPS) is 15.4. The molecule has 0 atom stereocenters. The van der Waals surface area contributed by atoms with Crippen molar-refractivity contribution in [2.24, 2.45) is 0 Å². The second kappa shape index (κ2) is 5.31. The Balaban J connectivity index is 2.10. The first-order valence-corrected chi connectivity index (χ1v) is 6.03. The van der Waals surface area contributed by atoms with Gasteiger partial charge in [-0.05, 0) is 12.1 Å². The van der Waals surface area contributed by atoms with Gasteiger partial charge >= 0.3 is 6.09 Å². The summed E-state index contributed by atoms with van der Waals surface area (Å²) in [6.45, 7) is 1.90. The maximum Gasteiger partial charge on any atom is 0.407 e. The first kappa shape index (κ1) is 13.4. The van der Waals surface area contributed by atoms with Crippen LogP contribution in [0.5, 0.6) is 0 Å². The Morgan fingerprint density at radius 2 is 1.95 bits per heavy atom. The predicted octanol–water partition coefficient (Wildman–Crippen LogP) is 2.05. The van der Waals surface area contributed by atoms with Crippen LogP contribution < -0.4 is 4.90 Å². The number of amides is 1. The summed E-state index contributed by atoms with van der Waals surface area (Å²) in [6, 6.07) is 4.53. The highest BCUT2D eigenvalue weighted by Gasteiger charge is 2.22. The molecule has 1 aliphatic heterocycles. The van der Waals surface area contributed by atoms with Gasteiger partial charge in [0.2, 0.25) is 0 Å². The molecule has 1 aromatic carbocycles. The molecule has 19 heavy (non-hydrogen) atoms. The maximum absolute atomic E-state index is 10.8. The maximum atomic E-state index is 10.8. The molecule has 0 unspecified atom stereocenters. The fraction of sp³-hybridized carbons (Fsp3) is 0.364. The second-order valence-electron chi connectivity index (χ2n) is 4.15. The largest absolute Gasteiger partial charge is 0.465 e. The number of carboxylic acid groups (broad SMARTS) is 1. The number of halogens is 1. The standard InChI is InChI=1S/C11H12ClN3O4/c12-9-7-8(1-2-10(9)15(18)19)13-3-5-14(6-4-13)11(16)17/h1-2,7H,3-6H2,(H,16,17). The van der Waals surface area contributed by atoms with E-state index >= 15 is 0 Å². The second-order valence-corrected chi connectivity index (χ2v) is 4.56. The van der Waals surface area contributed by atoms with Crippen LogP contribution in [0.3, 0.4) is 0 Å². The lowest BCUT2D eigenvalue weighted by Gasteiger charge is -2.34. The zero-order valence-electron chi connectivity index (χ0n) is 9.95. The average molecular weight is 286 g/mol. The Morgan fingerprint density at radius 3 is 2.42 bits per heavy atom. The molecule has 1 saturated heterocycles. The number of nitrogens with zero attached hydrogens (tertiary/aromatic N) is 3. The smallest absolute Gasteiger partial charge is 0.407 e. The van der Waals surface area contributed by atoms with E-state index in [1.54, 1.807) is 6.07 Å². The SMILES string of the molecule is O=C(O)N1CCN(c2ccc([N+](=O)[O-])c(Cl)c2)CC1. The van der Waals surface area contributed by atoms with Crippen LogP contribution in [-0.4, -0.2) is 47.2 Å². The molecule has 0 spiro atoms. The lowest BCUT2D eigenvalue weighted by Crippen LogP contribution is -2.48. The highest BCUT2D eigenvalue weighted by molar-refractivity contribution is 6.32. The first-order chi connectivity index (χ1) is 8.99. The van der Waals surface area contributed by atoms with Crippen molar-refractivity contribution in [3.63, 3.8) is 0 Å². The van der Waals surface area contributed by atoms with E-state index in [0.717, 1.165) is 5.69 Å². The summed E-state index contributed by atoms with van der Waals surface area (Å²) >= 11 is 5.85. The van der Waals surface area contributed by atoms with Crippen LogP contribution in [0.15, 0.2) is 18.2 Å². The van der Waals surface area contributed by atoms with Gasteiger partial charge in [-0.15, -0.1) is 0 Å². The Bertz CT molecular complexity index is 515. The highest BCUT2D eigenvalue weighted by Crippen LogP contribution is 2.29. The van der Waals surface area contributed by atoms with Crippen LogP contribution in [0, 0.1) is 10.1 Å². The minimum absolute atomic E-state index is 0.0863. The van der Waals surface area contributed by atoms with Gasteiger partial charge in [-0.3, -0.25) is 10.1 Å². The van der Waals surface area contributed by atoms with Crippen molar-refractivity contribution in [2.45, 2.75) is 0 Å². The number of carbonyl (C=O) groups is 1. The number of piperazine rings is 1. The third kappa shape index (κ3) is 2.87. The minimum atomic E-state index is -0.929. The molecule has 0 aliphatic carbocycles. The van der Waals surface area contributed by atoms with Crippen molar-refractivity contribution in [1.82, 2.24) is 4.90 Å². The number of rotatable bonds is 2. The molecule has 1 heterocycles. The summed E-state index contributed by atoms with van der Waals surface area (Å²) in [5, 5.41) is 19.6. The Hall–Kier alpha value is -2.02. The van der Waals surface area contributed by atoms with Crippen molar-refractivity contribution >= 4 is 29.1 Å². The number of hydrogen-bond acceptors (Lipinski definition) is 4. The molecule has 8 heteroatoms. The van der Waals surface area contributed by atoms with Gasteiger partial charge in [-0.1, -0.05) is 11.6 Å². The third-order valence-electron chi connectivity index (χ3n) is 3.04. The van der Waals surface area contributed by atoms with Crippen molar-refractivity contribution in [1.29, 1.82) is 0 Å². The number of benzene rings is 1. The Kier molecular flexibility index (Phi) is 3.75. The zero-order valence-corrected chi connectivity index (χ0v) is 10.7. The quantitative estimate of drug-likeness (QED) is 0.664. The van der Waals surface area contributed by atoms with Crippen LogP contribution in [0.2, 0.25) is 5.02 Å². The van der Waals surface area contributed by atoms with Crippen molar-refractivity contribution in [3.8, 4) is 0 Å². The van der Waals surface area contributed by atoms with E-state index in [1.807, 2.05) is 4.90 Å². The molecule has 1 aromatic rings. The van der Waals surface area contributed by atoms with Crippen molar-refractivity contribution < 1.29 is 14.8 Å². The van der Waals surface area contributed by atoms with Crippen LogP contribution in [0.4, 0.5) is 16.2 Å². The lowest BCUT2D eigenvalue weighted by atomic mass is 10.2. The highest BCUT2D eigenvalue weighted by atomic mass is 35.5. The fourth-order valence-corrected chi connectivity index (χ4v) is 2.24. The molecule has 1 aliphatic rings. The van der Waals surface area contributed by atoms with Gasteiger partial charge in [0.25, 0.3) is 5.69 Å². The van der Waals surface area contributed by atoms with E-state index in [9.17, 15) is 14.9 Å². The summed E-state index contributed by atoms with van der Waals surface area (Å²) in [7, 11) is 0. The van der Waals surface area contributed by atoms with Crippen LogP contribution in [0.25, 0.3) is 0 Å². The van der Waals surface area contributed by atoms with Gasteiger partial charge in [0.05, 0.1) is 4.92 Å². The van der Waals surface area contributed by atoms with Gasteiger partial charge in [-0.2, -0.15) is 0 Å². The molecule has 102 valence electrons. The molecule has 1 N–H and O–H groups in total. The number of nitro groups is 1. The Morgan fingerprint density at radius 1 is 1.32 bits per heavy atom. The van der Waals surface area contributed by atoms with Crippen molar-refractivity contribution in [2.75, 3.05) is 31.1 Å². The van der Waals surface area contributed by atoms with E-state index < -0.39 is 11.0 Å². The topological polar surface area (TPSA) is 86.9 Å². The van der Waals surface area contributed by atoms with E-state index in [2.05, 4.69) is 0 Å². The van der Waals surface area contributed by atoms with E-state index in [0.29, 0.717) is 26.2 Å². The van der Waals surface area contributed by atoms with Gasteiger partial charge in [0.15, 0.2) is 0 Å². The summed E-state index contributed by atoms with van der Waals surface area (Å²) in [6.07, 6.45) is -0.929. The van der Waals surface area contributed by atoms with Crippen LogP contribution in [-0.2, 0) is 0 Å². The molecular formula is C11H12ClN3O4. The average Bonchev–Trinajstić information content (AvgIpc) is 2.38. The van der Waals surface area contributed by atoms with Crippen molar-refractivity contribution in [3.05, 3.63) is 33.3 Å². The molecule has 7 nitrogen and oxygen atoms in total. The molecular weight excluding hydrogens is 274 g/mol. The first-order valence-electron chi connectivity index (χ1n) is 5.66. The van der Waals surface area contributed by atoms with Crippen LogP contribution >= 0.6 is 11.6 Å². The van der Waals surface area contributed by atoms with E-state index in [1.165, 1.54) is 17.0 Å². The molecule has 1 amide bonds. The predicted molar refractivity (Wildman–Crippen MR) is 69.9 cm³/mol. The summed E-state index contributed by atoms with van der Waals surface area (Å²) in [5.74, 6) is 0. The fourth-order valence-electron chi connectivity index (χ4n) is 2.00. The lowest BCUT2D eigenvalue weighted by molar-refractivity contribution is -0.384. The summed E-state index contributed by atoms with van der Waals surface area (Å²) < 4.78 is 0. The molecule has 0 aromatic heterocycles. The van der Waals surface area contributed by atoms with E-state index in [-0.39, 0.29) is 10.7 Å². The van der Waals surface area contributed by atoms with Gasteiger partial charge in [0, 0.05) is 37.9 Å². The number of anilines is 1. The summed E-state index contributed by atoms with van der Waals surface area (Å²) in [4.78, 5) is 24.2. The molecule has 0 saturated carbocycles. The van der Waals surface area contributed by atoms with Crippen LogP contribution in [0.1, 0.15) is 0 Å².